The number of anilines is 1. The van der Waals surface area contributed by atoms with Crippen LogP contribution in [0.1, 0.15) is 17.3 Å². The topological polar surface area (TPSA) is 70.0 Å². The van der Waals surface area contributed by atoms with E-state index in [1.54, 1.807) is 30.3 Å². The van der Waals surface area contributed by atoms with Gasteiger partial charge in [-0.05, 0) is 37.3 Å². The van der Waals surface area contributed by atoms with Crippen LogP contribution in [0.4, 0.5) is 5.69 Å². The Morgan fingerprint density at radius 2 is 1.95 bits per heavy atom. The molecule has 0 heterocycles. The number of benzene rings is 2. The Balaban J connectivity index is 2.34. The smallest absolute Gasteiger partial charge is 0.258 e. The van der Waals surface area contributed by atoms with E-state index in [2.05, 4.69) is 0 Å². The van der Waals surface area contributed by atoms with E-state index in [1.807, 2.05) is 6.92 Å². The summed E-state index contributed by atoms with van der Waals surface area (Å²) in [5, 5.41) is 19.3. The van der Waals surface area contributed by atoms with Crippen LogP contribution in [0.2, 0.25) is 0 Å². The molecule has 0 aliphatic heterocycles. The van der Waals surface area contributed by atoms with Crippen molar-refractivity contribution in [2.75, 3.05) is 18.6 Å². The second-order valence-electron chi connectivity index (χ2n) is 4.46. The molecule has 2 N–H and O–H groups in total. The minimum atomic E-state index is -0.263. The lowest BCUT2D eigenvalue weighted by molar-refractivity contribution is 0.0988. The first-order chi connectivity index (χ1) is 10.1. The summed E-state index contributed by atoms with van der Waals surface area (Å²) in [4.78, 5) is 14.0. The van der Waals surface area contributed by atoms with Crippen molar-refractivity contribution in [2.45, 2.75) is 6.92 Å². The molecule has 0 saturated heterocycles. The molecule has 0 spiro atoms. The van der Waals surface area contributed by atoms with Gasteiger partial charge in [0.15, 0.2) is 11.5 Å². The SMILES string of the molecule is CCN(C(=O)c1ccc(OC)c(O)c1)c1cccc(O)c1. The molecule has 0 aliphatic carbocycles. The van der Waals surface area contributed by atoms with Crippen molar-refractivity contribution in [3.63, 3.8) is 0 Å². The van der Waals surface area contributed by atoms with Gasteiger partial charge in [-0.3, -0.25) is 4.79 Å². The van der Waals surface area contributed by atoms with Gasteiger partial charge in [0.1, 0.15) is 5.75 Å². The Morgan fingerprint density at radius 3 is 2.52 bits per heavy atom. The fourth-order valence-corrected chi connectivity index (χ4v) is 2.08. The minimum Gasteiger partial charge on any atom is -0.508 e. The van der Waals surface area contributed by atoms with Crippen LogP contribution in [0.5, 0.6) is 17.2 Å². The second kappa shape index (κ2) is 6.17. The molecule has 0 aromatic heterocycles. The predicted octanol–water partition coefficient (Wildman–Crippen LogP) is 2.77. The van der Waals surface area contributed by atoms with Gasteiger partial charge < -0.3 is 19.8 Å². The van der Waals surface area contributed by atoms with Gasteiger partial charge in [-0.1, -0.05) is 6.07 Å². The van der Waals surface area contributed by atoms with Crippen LogP contribution in [-0.4, -0.2) is 29.8 Å². The zero-order chi connectivity index (χ0) is 15.4. The van der Waals surface area contributed by atoms with Gasteiger partial charge >= 0.3 is 0 Å². The van der Waals surface area contributed by atoms with Gasteiger partial charge in [0.25, 0.3) is 5.91 Å². The van der Waals surface area contributed by atoms with Gasteiger partial charge in [0.05, 0.1) is 7.11 Å². The summed E-state index contributed by atoms with van der Waals surface area (Å²) < 4.78 is 4.96. The molecule has 0 unspecified atom stereocenters. The highest BCUT2D eigenvalue weighted by atomic mass is 16.5. The average molecular weight is 287 g/mol. The highest BCUT2D eigenvalue weighted by Gasteiger charge is 2.18. The van der Waals surface area contributed by atoms with Gasteiger partial charge in [0, 0.05) is 23.9 Å². The maximum Gasteiger partial charge on any atom is 0.258 e. The van der Waals surface area contributed by atoms with Crippen molar-refractivity contribution < 1.29 is 19.7 Å². The summed E-state index contributed by atoms with van der Waals surface area (Å²) in [6, 6.07) is 11.0. The van der Waals surface area contributed by atoms with Gasteiger partial charge in [-0.25, -0.2) is 0 Å². The highest BCUT2D eigenvalue weighted by Crippen LogP contribution is 2.28. The second-order valence-corrected chi connectivity index (χ2v) is 4.46. The zero-order valence-electron chi connectivity index (χ0n) is 11.9. The normalized spacial score (nSPS) is 10.2. The Hall–Kier alpha value is -2.69. The lowest BCUT2D eigenvalue weighted by Crippen LogP contribution is -2.30. The maximum absolute atomic E-state index is 12.5. The van der Waals surface area contributed by atoms with E-state index in [1.165, 1.54) is 24.1 Å². The largest absolute Gasteiger partial charge is 0.508 e. The number of hydrogen-bond acceptors (Lipinski definition) is 4. The van der Waals surface area contributed by atoms with E-state index < -0.39 is 0 Å². The van der Waals surface area contributed by atoms with Gasteiger partial charge in [-0.2, -0.15) is 0 Å². The average Bonchev–Trinajstić information content (AvgIpc) is 2.48. The molecule has 5 heteroatoms. The van der Waals surface area contributed by atoms with E-state index in [4.69, 9.17) is 4.74 Å². The number of carbonyl (C=O) groups excluding carboxylic acids is 1. The van der Waals surface area contributed by atoms with E-state index in [-0.39, 0.29) is 17.4 Å². The molecule has 0 atom stereocenters. The Labute approximate surface area is 123 Å². The molecular weight excluding hydrogens is 270 g/mol. The first kappa shape index (κ1) is 14.7. The summed E-state index contributed by atoms with van der Waals surface area (Å²) in [5.74, 6) is 0.0552. The van der Waals surface area contributed by atoms with Crippen molar-refractivity contribution in [3.8, 4) is 17.2 Å². The molecule has 110 valence electrons. The van der Waals surface area contributed by atoms with Crippen LogP contribution in [0.15, 0.2) is 42.5 Å². The Bertz CT molecular complexity index is 654. The fraction of sp³-hybridized carbons (Fsp3) is 0.188. The van der Waals surface area contributed by atoms with Crippen LogP contribution in [0.25, 0.3) is 0 Å². The molecule has 0 saturated carbocycles. The molecule has 0 aliphatic rings. The number of aromatic hydroxyl groups is 2. The Morgan fingerprint density at radius 1 is 1.19 bits per heavy atom. The van der Waals surface area contributed by atoms with E-state index in [0.717, 1.165) is 0 Å². The number of carbonyl (C=O) groups is 1. The first-order valence-electron chi connectivity index (χ1n) is 6.54. The predicted molar refractivity (Wildman–Crippen MR) is 80.1 cm³/mol. The van der Waals surface area contributed by atoms with Crippen LogP contribution in [-0.2, 0) is 0 Å². The number of hydrogen-bond donors (Lipinski definition) is 2. The third-order valence-electron chi connectivity index (χ3n) is 3.13. The van der Waals surface area contributed by atoms with Crippen molar-refractivity contribution in [3.05, 3.63) is 48.0 Å². The number of phenolic OH excluding ortho intramolecular Hbond substituents is 2. The minimum absolute atomic E-state index is 0.0877. The third kappa shape index (κ3) is 3.08. The number of amides is 1. The number of methoxy groups -OCH3 is 1. The third-order valence-corrected chi connectivity index (χ3v) is 3.13. The summed E-state index contributed by atoms with van der Waals surface area (Å²) in [7, 11) is 1.45. The first-order valence-corrected chi connectivity index (χ1v) is 6.54. The van der Waals surface area contributed by atoms with Crippen molar-refractivity contribution in [1.82, 2.24) is 0 Å². The number of ether oxygens (including phenoxy) is 1. The standard InChI is InChI=1S/C16H17NO4/c1-3-17(12-5-4-6-13(18)10-12)16(20)11-7-8-15(21-2)14(19)9-11/h4-10,18-19H,3H2,1-2H3. The lowest BCUT2D eigenvalue weighted by atomic mass is 10.1. The number of phenols is 2. The lowest BCUT2D eigenvalue weighted by Gasteiger charge is -2.21. The molecule has 1 amide bonds. The fourth-order valence-electron chi connectivity index (χ4n) is 2.08. The quantitative estimate of drug-likeness (QED) is 0.907. The highest BCUT2D eigenvalue weighted by molar-refractivity contribution is 6.06. The zero-order valence-corrected chi connectivity index (χ0v) is 11.9. The maximum atomic E-state index is 12.5. The van der Waals surface area contributed by atoms with E-state index in [0.29, 0.717) is 23.5 Å². The number of nitrogens with zero attached hydrogens (tertiary/aromatic N) is 1. The molecule has 0 radical (unpaired) electrons. The summed E-state index contributed by atoms with van der Waals surface area (Å²) in [5.41, 5.74) is 0.941. The summed E-state index contributed by atoms with van der Waals surface area (Å²) in [6.45, 7) is 2.28. The molecule has 5 nitrogen and oxygen atoms in total. The van der Waals surface area contributed by atoms with Crippen LogP contribution in [0.3, 0.4) is 0 Å². The summed E-state index contributed by atoms with van der Waals surface area (Å²) in [6.07, 6.45) is 0. The molecular formula is C16H17NO4. The molecule has 2 rings (SSSR count). The molecule has 0 fully saturated rings. The number of rotatable bonds is 4. The van der Waals surface area contributed by atoms with E-state index >= 15 is 0 Å². The van der Waals surface area contributed by atoms with E-state index in [9.17, 15) is 15.0 Å². The van der Waals surface area contributed by atoms with Gasteiger partial charge in [-0.15, -0.1) is 0 Å². The van der Waals surface area contributed by atoms with Crippen LogP contribution >= 0.6 is 0 Å². The molecule has 2 aromatic carbocycles. The molecule has 0 bridgehead atoms. The monoisotopic (exact) mass is 287 g/mol. The van der Waals surface area contributed by atoms with Crippen molar-refractivity contribution in [1.29, 1.82) is 0 Å². The van der Waals surface area contributed by atoms with Crippen LogP contribution < -0.4 is 9.64 Å². The Kier molecular flexibility index (Phi) is 4.33. The van der Waals surface area contributed by atoms with Gasteiger partial charge in [0.2, 0.25) is 0 Å². The van der Waals surface area contributed by atoms with Crippen LogP contribution in [0, 0.1) is 0 Å². The molecule has 2 aromatic rings. The molecule has 21 heavy (non-hydrogen) atoms. The van der Waals surface area contributed by atoms with Crippen molar-refractivity contribution >= 4 is 11.6 Å². The van der Waals surface area contributed by atoms with Crippen molar-refractivity contribution in [2.24, 2.45) is 0 Å². The summed E-state index contributed by atoms with van der Waals surface area (Å²) >= 11 is 0.